The number of carbonyl (C=O) groups is 1. The van der Waals surface area contributed by atoms with Gasteiger partial charge in [0.25, 0.3) is 0 Å². The van der Waals surface area contributed by atoms with E-state index in [2.05, 4.69) is 4.98 Å². The van der Waals surface area contributed by atoms with Crippen LogP contribution >= 0.6 is 0 Å². The fourth-order valence-corrected chi connectivity index (χ4v) is 1.63. The Bertz CT molecular complexity index is 345. The second-order valence-corrected chi connectivity index (χ2v) is 3.19. The molecule has 1 atom stereocenters. The van der Waals surface area contributed by atoms with Gasteiger partial charge in [0.15, 0.2) is 5.69 Å². The molecule has 5 heteroatoms. The Morgan fingerprint density at radius 3 is 3.15 bits per heavy atom. The highest BCUT2D eigenvalue weighted by Crippen LogP contribution is 2.17. The monoisotopic (exact) mass is 182 g/mol. The molecule has 70 valence electrons. The van der Waals surface area contributed by atoms with Crippen molar-refractivity contribution in [2.24, 2.45) is 0 Å². The molecule has 1 aromatic heterocycles. The van der Waals surface area contributed by atoms with E-state index in [1.165, 1.54) is 6.33 Å². The highest BCUT2D eigenvalue weighted by Gasteiger charge is 2.22. The number of hydrogen-bond donors (Lipinski definition) is 2. The van der Waals surface area contributed by atoms with Crippen molar-refractivity contribution in [3.8, 4) is 0 Å². The zero-order chi connectivity index (χ0) is 9.42. The summed E-state index contributed by atoms with van der Waals surface area (Å²) >= 11 is 0. The van der Waals surface area contributed by atoms with Crippen molar-refractivity contribution in [1.29, 1.82) is 0 Å². The van der Waals surface area contributed by atoms with Crippen LogP contribution < -0.4 is 0 Å². The molecule has 0 aliphatic carbocycles. The third-order valence-electron chi connectivity index (χ3n) is 2.27. The first-order chi connectivity index (χ1) is 6.18. The van der Waals surface area contributed by atoms with E-state index in [1.807, 2.05) is 0 Å². The van der Waals surface area contributed by atoms with Gasteiger partial charge in [-0.2, -0.15) is 0 Å². The molecule has 13 heavy (non-hydrogen) atoms. The first-order valence-electron chi connectivity index (χ1n) is 4.14. The normalized spacial score (nSPS) is 21.2. The molecular weight excluding hydrogens is 172 g/mol. The molecule has 2 heterocycles. The summed E-state index contributed by atoms with van der Waals surface area (Å²) in [5.74, 6) is -0.995. The molecular formula is C8H10N2O3. The molecule has 1 unspecified atom stereocenters. The van der Waals surface area contributed by atoms with Crippen LogP contribution in [-0.4, -0.2) is 31.8 Å². The number of nitrogens with zero attached hydrogens (tertiary/aromatic N) is 2. The number of carboxylic acid groups (broad SMARTS) is 1. The van der Waals surface area contributed by atoms with Crippen molar-refractivity contribution in [3.05, 3.63) is 17.7 Å². The second kappa shape index (κ2) is 2.85. The summed E-state index contributed by atoms with van der Waals surface area (Å²) in [7, 11) is 0. The minimum Gasteiger partial charge on any atom is -0.476 e. The summed E-state index contributed by atoms with van der Waals surface area (Å²) in [6, 6.07) is 0. The quantitative estimate of drug-likeness (QED) is 0.635. The summed E-state index contributed by atoms with van der Waals surface area (Å²) in [5, 5.41) is 18.1. The fraction of sp³-hybridized carbons (Fsp3) is 0.500. The minimum absolute atomic E-state index is 0.118. The Morgan fingerprint density at radius 2 is 2.46 bits per heavy atom. The zero-order valence-corrected chi connectivity index (χ0v) is 6.97. The Hall–Kier alpha value is -1.36. The standard InChI is InChI=1S/C8H10N2O3/c11-5-1-2-6-7(8(12)13)9-4-10(6)3-5/h4-5,11H,1-3H2,(H,12,13). The smallest absolute Gasteiger partial charge is 0.356 e. The van der Waals surface area contributed by atoms with Gasteiger partial charge in [-0.3, -0.25) is 0 Å². The van der Waals surface area contributed by atoms with Gasteiger partial charge in [-0.25, -0.2) is 9.78 Å². The van der Waals surface area contributed by atoms with Crippen LogP contribution in [0.3, 0.4) is 0 Å². The Balaban J connectivity index is 2.39. The van der Waals surface area contributed by atoms with Crippen molar-refractivity contribution < 1.29 is 15.0 Å². The third kappa shape index (κ3) is 1.31. The van der Waals surface area contributed by atoms with Crippen molar-refractivity contribution in [1.82, 2.24) is 9.55 Å². The molecule has 5 nitrogen and oxygen atoms in total. The molecule has 1 aliphatic heterocycles. The predicted octanol–water partition coefficient (Wildman–Crippen LogP) is -0.112. The molecule has 0 fully saturated rings. The molecule has 2 rings (SSSR count). The van der Waals surface area contributed by atoms with Crippen LogP contribution in [0.5, 0.6) is 0 Å². The number of imidazole rings is 1. The van der Waals surface area contributed by atoms with Crippen molar-refractivity contribution >= 4 is 5.97 Å². The Labute approximate surface area is 74.6 Å². The van der Waals surface area contributed by atoms with Gasteiger partial charge in [-0.15, -0.1) is 0 Å². The number of carboxylic acids is 1. The highest BCUT2D eigenvalue weighted by molar-refractivity contribution is 5.86. The molecule has 0 radical (unpaired) electrons. The number of aliphatic hydroxyl groups is 1. The van der Waals surface area contributed by atoms with E-state index in [-0.39, 0.29) is 11.8 Å². The van der Waals surface area contributed by atoms with E-state index in [4.69, 9.17) is 5.11 Å². The van der Waals surface area contributed by atoms with Crippen molar-refractivity contribution in [2.45, 2.75) is 25.5 Å². The van der Waals surface area contributed by atoms with Gasteiger partial charge in [-0.05, 0) is 12.8 Å². The van der Waals surface area contributed by atoms with Crippen LogP contribution in [0.1, 0.15) is 22.6 Å². The number of aromatic nitrogens is 2. The van der Waals surface area contributed by atoms with E-state index in [0.717, 1.165) is 5.69 Å². The van der Waals surface area contributed by atoms with Gasteiger partial charge in [0, 0.05) is 6.54 Å². The number of fused-ring (bicyclic) bond motifs is 1. The van der Waals surface area contributed by atoms with Crippen molar-refractivity contribution in [3.63, 3.8) is 0 Å². The van der Waals surface area contributed by atoms with Crippen molar-refractivity contribution in [2.75, 3.05) is 0 Å². The molecule has 2 N–H and O–H groups in total. The molecule has 0 saturated carbocycles. The summed E-state index contributed by atoms with van der Waals surface area (Å²) < 4.78 is 1.71. The number of hydrogen-bond acceptors (Lipinski definition) is 3. The highest BCUT2D eigenvalue weighted by atomic mass is 16.4. The number of aromatic carboxylic acids is 1. The minimum atomic E-state index is -0.995. The summed E-state index contributed by atoms with van der Waals surface area (Å²) in [6.45, 7) is 0.454. The van der Waals surface area contributed by atoms with E-state index in [1.54, 1.807) is 4.57 Å². The van der Waals surface area contributed by atoms with E-state index >= 15 is 0 Å². The first kappa shape index (κ1) is 8.25. The van der Waals surface area contributed by atoms with Crippen LogP contribution in [0, 0.1) is 0 Å². The maximum atomic E-state index is 10.7. The van der Waals surface area contributed by atoms with E-state index in [9.17, 15) is 9.90 Å². The lowest BCUT2D eigenvalue weighted by Crippen LogP contribution is -2.24. The SMILES string of the molecule is O=C(O)c1ncn2c1CCC(O)C2. The maximum Gasteiger partial charge on any atom is 0.356 e. The van der Waals surface area contributed by atoms with Gasteiger partial charge in [0.1, 0.15) is 0 Å². The lowest BCUT2D eigenvalue weighted by Gasteiger charge is -2.19. The van der Waals surface area contributed by atoms with Gasteiger partial charge in [0.05, 0.1) is 18.1 Å². The van der Waals surface area contributed by atoms with Gasteiger partial charge >= 0.3 is 5.97 Å². The van der Waals surface area contributed by atoms with Gasteiger partial charge in [0.2, 0.25) is 0 Å². The molecule has 1 aromatic rings. The maximum absolute atomic E-state index is 10.7. The van der Waals surface area contributed by atoms with E-state index < -0.39 is 5.97 Å². The molecule has 0 bridgehead atoms. The van der Waals surface area contributed by atoms with Crippen LogP contribution in [0.2, 0.25) is 0 Å². The largest absolute Gasteiger partial charge is 0.476 e. The molecule has 0 amide bonds. The molecule has 0 saturated heterocycles. The fourth-order valence-electron chi connectivity index (χ4n) is 1.63. The van der Waals surface area contributed by atoms with Gasteiger partial charge in [-0.1, -0.05) is 0 Å². The summed E-state index contributed by atoms with van der Waals surface area (Å²) in [4.78, 5) is 14.5. The molecule has 0 spiro atoms. The Kier molecular flexibility index (Phi) is 1.81. The second-order valence-electron chi connectivity index (χ2n) is 3.19. The average molecular weight is 182 g/mol. The topological polar surface area (TPSA) is 75.3 Å². The number of aliphatic hydroxyl groups excluding tert-OH is 1. The van der Waals surface area contributed by atoms with Crippen LogP contribution in [-0.2, 0) is 13.0 Å². The molecule has 0 aromatic carbocycles. The third-order valence-corrected chi connectivity index (χ3v) is 2.27. The van der Waals surface area contributed by atoms with Crippen LogP contribution in [0.25, 0.3) is 0 Å². The van der Waals surface area contributed by atoms with Crippen LogP contribution in [0.15, 0.2) is 6.33 Å². The van der Waals surface area contributed by atoms with E-state index in [0.29, 0.717) is 19.4 Å². The predicted molar refractivity (Wildman–Crippen MR) is 43.5 cm³/mol. The van der Waals surface area contributed by atoms with Crippen LogP contribution in [0.4, 0.5) is 0 Å². The zero-order valence-electron chi connectivity index (χ0n) is 6.97. The van der Waals surface area contributed by atoms with Gasteiger partial charge < -0.3 is 14.8 Å². The summed E-state index contributed by atoms with van der Waals surface area (Å²) in [5.41, 5.74) is 0.838. The summed E-state index contributed by atoms with van der Waals surface area (Å²) in [6.07, 6.45) is 2.30. The lowest BCUT2D eigenvalue weighted by molar-refractivity contribution is 0.0686. The Morgan fingerprint density at radius 1 is 1.69 bits per heavy atom. The first-order valence-corrected chi connectivity index (χ1v) is 4.14. The molecule has 1 aliphatic rings. The number of rotatable bonds is 1. The average Bonchev–Trinajstić information content (AvgIpc) is 2.46. The lowest BCUT2D eigenvalue weighted by atomic mass is 10.1.